The van der Waals surface area contributed by atoms with Crippen LogP contribution in [-0.2, 0) is 14.4 Å². The second-order valence-electron chi connectivity index (χ2n) is 4.36. The first kappa shape index (κ1) is 14.4. The molecule has 1 saturated carbocycles. The normalized spacial score (nSPS) is 14.3. The third-order valence-corrected chi connectivity index (χ3v) is 2.57. The second-order valence-corrected chi connectivity index (χ2v) is 4.36. The van der Waals surface area contributed by atoms with Crippen molar-refractivity contribution in [2.45, 2.75) is 25.8 Å². The second kappa shape index (κ2) is 6.95. The van der Waals surface area contributed by atoms with E-state index in [1.807, 2.05) is 0 Å². The molecule has 2 amide bonds. The Labute approximate surface area is 106 Å². The molecular weight excluding hydrogens is 238 g/mol. The van der Waals surface area contributed by atoms with E-state index in [2.05, 4.69) is 10.6 Å². The van der Waals surface area contributed by atoms with E-state index < -0.39 is 5.97 Å². The van der Waals surface area contributed by atoms with Gasteiger partial charge in [0.05, 0.1) is 13.1 Å². The first-order valence-corrected chi connectivity index (χ1v) is 5.96. The first-order chi connectivity index (χ1) is 8.49. The SMILES string of the molecule is CC(=O)NCCNC(=O)CN(CC(=O)O)C1CC1. The zero-order chi connectivity index (χ0) is 13.5. The highest BCUT2D eigenvalue weighted by molar-refractivity contribution is 5.79. The first-order valence-electron chi connectivity index (χ1n) is 5.96. The van der Waals surface area contributed by atoms with Crippen molar-refractivity contribution in [3.63, 3.8) is 0 Å². The maximum Gasteiger partial charge on any atom is 0.317 e. The topological polar surface area (TPSA) is 98.7 Å². The highest BCUT2D eigenvalue weighted by Gasteiger charge is 2.31. The van der Waals surface area contributed by atoms with Crippen molar-refractivity contribution in [3.8, 4) is 0 Å². The number of carboxylic acid groups (broad SMARTS) is 1. The zero-order valence-corrected chi connectivity index (χ0v) is 10.4. The number of carbonyl (C=O) groups excluding carboxylic acids is 2. The van der Waals surface area contributed by atoms with E-state index in [9.17, 15) is 14.4 Å². The van der Waals surface area contributed by atoms with Crippen LogP contribution in [0.15, 0.2) is 0 Å². The van der Waals surface area contributed by atoms with Crippen LogP contribution in [0, 0.1) is 0 Å². The number of hydrogen-bond donors (Lipinski definition) is 3. The molecule has 1 fully saturated rings. The molecule has 0 aromatic carbocycles. The number of nitrogens with one attached hydrogen (secondary N) is 2. The van der Waals surface area contributed by atoms with Crippen LogP contribution >= 0.6 is 0 Å². The van der Waals surface area contributed by atoms with Crippen LogP contribution < -0.4 is 10.6 Å². The number of carbonyl (C=O) groups is 3. The standard InChI is InChI=1S/C11H19N3O4/c1-8(15)12-4-5-13-10(16)6-14(7-11(17)18)9-2-3-9/h9H,2-7H2,1H3,(H,12,15)(H,13,16)(H,17,18). The molecule has 0 spiro atoms. The summed E-state index contributed by atoms with van der Waals surface area (Å²) in [5.41, 5.74) is 0. The Morgan fingerprint density at radius 1 is 1.17 bits per heavy atom. The highest BCUT2D eigenvalue weighted by Crippen LogP contribution is 2.26. The summed E-state index contributed by atoms with van der Waals surface area (Å²) >= 11 is 0. The maximum atomic E-state index is 11.6. The molecule has 1 rings (SSSR count). The monoisotopic (exact) mass is 257 g/mol. The van der Waals surface area contributed by atoms with Crippen molar-refractivity contribution in [2.24, 2.45) is 0 Å². The lowest BCUT2D eigenvalue weighted by molar-refractivity contribution is -0.139. The molecule has 18 heavy (non-hydrogen) atoms. The van der Waals surface area contributed by atoms with Crippen molar-refractivity contribution in [2.75, 3.05) is 26.2 Å². The summed E-state index contributed by atoms with van der Waals surface area (Å²) in [5, 5.41) is 13.9. The smallest absolute Gasteiger partial charge is 0.317 e. The maximum absolute atomic E-state index is 11.6. The molecule has 0 bridgehead atoms. The van der Waals surface area contributed by atoms with E-state index in [0.717, 1.165) is 12.8 Å². The van der Waals surface area contributed by atoms with Gasteiger partial charge in [0.15, 0.2) is 0 Å². The highest BCUT2D eigenvalue weighted by atomic mass is 16.4. The molecule has 0 aromatic rings. The van der Waals surface area contributed by atoms with Crippen LogP contribution in [0.3, 0.4) is 0 Å². The molecule has 0 heterocycles. The molecule has 0 unspecified atom stereocenters. The molecule has 0 saturated heterocycles. The minimum Gasteiger partial charge on any atom is -0.480 e. The van der Waals surface area contributed by atoms with Gasteiger partial charge in [-0.25, -0.2) is 0 Å². The largest absolute Gasteiger partial charge is 0.480 e. The van der Waals surface area contributed by atoms with Crippen LogP contribution in [0.4, 0.5) is 0 Å². The van der Waals surface area contributed by atoms with Crippen LogP contribution in [0.2, 0.25) is 0 Å². The molecule has 0 radical (unpaired) electrons. The molecular formula is C11H19N3O4. The van der Waals surface area contributed by atoms with Crippen LogP contribution in [0.5, 0.6) is 0 Å². The summed E-state index contributed by atoms with van der Waals surface area (Å²) in [7, 11) is 0. The fraction of sp³-hybridized carbons (Fsp3) is 0.727. The third-order valence-electron chi connectivity index (χ3n) is 2.57. The van der Waals surface area contributed by atoms with E-state index >= 15 is 0 Å². The van der Waals surface area contributed by atoms with E-state index in [1.54, 1.807) is 4.90 Å². The minimum absolute atomic E-state index is 0.0943. The molecule has 7 heteroatoms. The molecule has 7 nitrogen and oxygen atoms in total. The predicted molar refractivity (Wildman–Crippen MR) is 63.9 cm³/mol. The number of carboxylic acids is 1. The molecule has 102 valence electrons. The summed E-state index contributed by atoms with van der Waals surface area (Å²) < 4.78 is 0. The Bertz CT molecular complexity index is 328. The number of aliphatic carboxylic acids is 1. The summed E-state index contributed by atoms with van der Waals surface area (Å²) in [6.07, 6.45) is 1.90. The van der Waals surface area contributed by atoms with Gasteiger partial charge < -0.3 is 15.7 Å². The van der Waals surface area contributed by atoms with Gasteiger partial charge in [0.1, 0.15) is 0 Å². The van der Waals surface area contributed by atoms with Gasteiger partial charge in [-0.15, -0.1) is 0 Å². The Hall–Kier alpha value is -1.63. The van der Waals surface area contributed by atoms with Gasteiger partial charge in [-0.2, -0.15) is 0 Å². The van der Waals surface area contributed by atoms with Crippen LogP contribution in [0.1, 0.15) is 19.8 Å². The Morgan fingerprint density at radius 2 is 1.78 bits per heavy atom. The van der Waals surface area contributed by atoms with Gasteiger partial charge in [-0.1, -0.05) is 0 Å². The number of amides is 2. The zero-order valence-electron chi connectivity index (χ0n) is 10.4. The summed E-state index contributed by atoms with van der Waals surface area (Å²) in [6.45, 7) is 2.12. The van der Waals surface area contributed by atoms with E-state index in [-0.39, 0.29) is 30.9 Å². The average Bonchev–Trinajstić information content (AvgIpc) is 3.06. The Balaban J connectivity index is 2.20. The average molecular weight is 257 g/mol. The molecule has 1 aliphatic rings. The van der Waals surface area contributed by atoms with E-state index in [1.165, 1.54) is 6.92 Å². The lowest BCUT2D eigenvalue weighted by Gasteiger charge is -2.18. The van der Waals surface area contributed by atoms with Crippen LogP contribution in [-0.4, -0.2) is 60.0 Å². The molecule has 0 aliphatic heterocycles. The lowest BCUT2D eigenvalue weighted by Crippen LogP contribution is -2.42. The lowest BCUT2D eigenvalue weighted by atomic mass is 10.4. The third kappa shape index (κ3) is 6.19. The Morgan fingerprint density at radius 3 is 2.28 bits per heavy atom. The summed E-state index contributed by atoms with van der Waals surface area (Å²) in [6, 6.07) is 0.224. The molecule has 3 N–H and O–H groups in total. The van der Waals surface area contributed by atoms with Crippen LogP contribution in [0.25, 0.3) is 0 Å². The predicted octanol–water partition coefficient (Wildman–Crippen LogP) is -1.21. The number of nitrogens with zero attached hydrogens (tertiary/aromatic N) is 1. The van der Waals surface area contributed by atoms with Crippen molar-refractivity contribution < 1.29 is 19.5 Å². The molecule has 0 atom stereocenters. The minimum atomic E-state index is -0.923. The molecule has 1 aliphatic carbocycles. The number of rotatable bonds is 8. The van der Waals surface area contributed by atoms with Gasteiger partial charge in [0.2, 0.25) is 11.8 Å². The summed E-state index contributed by atoms with van der Waals surface area (Å²) in [5.74, 6) is -1.28. The van der Waals surface area contributed by atoms with Crippen molar-refractivity contribution >= 4 is 17.8 Å². The van der Waals surface area contributed by atoms with Gasteiger partial charge in [0.25, 0.3) is 0 Å². The van der Waals surface area contributed by atoms with E-state index in [4.69, 9.17) is 5.11 Å². The quantitative estimate of drug-likeness (QED) is 0.474. The van der Waals surface area contributed by atoms with Gasteiger partial charge in [0, 0.05) is 26.1 Å². The van der Waals surface area contributed by atoms with E-state index in [0.29, 0.717) is 13.1 Å². The van der Waals surface area contributed by atoms with Crippen molar-refractivity contribution in [1.82, 2.24) is 15.5 Å². The Kier molecular flexibility index (Phi) is 5.57. The van der Waals surface area contributed by atoms with Crippen molar-refractivity contribution in [1.29, 1.82) is 0 Å². The van der Waals surface area contributed by atoms with Gasteiger partial charge in [-0.05, 0) is 12.8 Å². The fourth-order valence-corrected chi connectivity index (χ4v) is 1.61. The van der Waals surface area contributed by atoms with Crippen molar-refractivity contribution in [3.05, 3.63) is 0 Å². The van der Waals surface area contributed by atoms with Gasteiger partial charge >= 0.3 is 5.97 Å². The molecule has 0 aromatic heterocycles. The van der Waals surface area contributed by atoms with Gasteiger partial charge in [-0.3, -0.25) is 19.3 Å². The number of hydrogen-bond acceptors (Lipinski definition) is 4. The fourth-order valence-electron chi connectivity index (χ4n) is 1.61. The summed E-state index contributed by atoms with van der Waals surface area (Å²) in [4.78, 5) is 34.4.